The highest BCUT2D eigenvalue weighted by Gasteiger charge is 2.52. The Kier molecular flexibility index (Phi) is 5.95. The molecule has 0 amide bonds. The van der Waals surface area contributed by atoms with E-state index in [9.17, 15) is 24.1 Å². The molecule has 0 radical (unpaired) electrons. The lowest BCUT2D eigenvalue weighted by molar-refractivity contribution is -0.147. The van der Waals surface area contributed by atoms with Gasteiger partial charge in [-0.3, -0.25) is 19.1 Å². The number of esters is 1. The molecule has 2 saturated heterocycles. The monoisotopic (exact) mass is 444 g/mol. The van der Waals surface area contributed by atoms with Crippen LogP contribution < -0.4 is 16.3 Å². The van der Waals surface area contributed by atoms with Gasteiger partial charge in [-0.25, -0.2) is 9.88 Å². The van der Waals surface area contributed by atoms with E-state index in [1.54, 1.807) is 6.92 Å². The zero-order chi connectivity index (χ0) is 21.5. The number of nitrogens with one attached hydrogen (secondary N) is 2. The van der Waals surface area contributed by atoms with E-state index in [4.69, 9.17) is 14.0 Å². The van der Waals surface area contributed by atoms with Crippen LogP contribution in [-0.2, 0) is 23.4 Å². The lowest BCUT2D eigenvalue weighted by Gasteiger charge is -2.33. The first-order valence-corrected chi connectivity index (χ1v) is 11.8. The van der Waals surface area contributed by atoms with Crippen LogP contribution in [-0.4, -0.2) is 63.0 Å². The van der Waals surface area contributed by atoms with Crippen molar-refractivity contribution < 1.29 is 28.5 Å². The molecule has 13 heteroatoms. The SMILES string of the molecule is C[C@H](NP1(=O)CCC2OC(n3ncc(=O)[nH]c3=O)[C@H](O)[C@@H]2O1)C(=O)OCC1CCC1. The van der Waals surface area contributed by atoms with Crippen LogP contribution in [0.25, 0.3) is 0 Å². The van der Waals surface area contributed by atoms with Gasteiger partial charge in [0.05, 0.1) is 12.7 Å². The molecule has 1 saturated carbocycles. The molecule has 3 fully saturated rings. The van der Waals surface area contributed by atoms with Gasteiger partial charge in [-0.1, -0.05) is 6.42 Å². The Balaban J connectivity index is 1.39. The molecule has 0 aromatic carbocycles. The second-order valence-corrected chi connectivity index (χ2v) is 10.2. The number of carbonyl (C=O) groups excluding carboxylic acids is 1. The first kappa shape index (κ1) is 21.4. The van der Waals surface area contributed by atoms with Crippen molar-refractivity contribution in [1.29, 1.82) is 0 Å². The van der Waals surface area contributed by atoms with Crippen molar-refractivity contribution in [1.82, 2.24) is 19.9 Å². The van der Waals surface area contributed by atoms with Gasteiger partial charge in [0.15, 0.2) is 6.23 Å². The van der Waals surface area contributed by atoms with Crippen molar-refractivity contribution >= 4 is 13.5 Å². The van der Waals surface area contributed by atoms with Gasteiger partial charge in [-0.2, -0.15) is 9.78 Å². The fourth-order valence-electron chi connectivity index (χ4n) is 3.80. The number of H-pyrrole nitrogens is 1. The number of aliphatic hydroxyl groups is 1. The average Bonchev–Trinajstić information content (AvgIpc) is 2.96. The second-order valence-electron chi connectivity index (χ2n) is 7.97. The van der Waals surface area contributed by atoms with Crippen molar-refractivity contribution in [3.63, 3.8) is 0 Å². The van der Waals surface area contributed by atoms with Crippen molar-refractivity contribution in [2.45, 2.75) is 63.2 Å². The molecule has 12 nitrogen and oxygen atoms in total. The van der Waals surface area contributed by atoms with E-state index in [1.165, 1.54) is 0 Å². The van der Waals surface area contributed by atoms with Crippen LogP contribution in [0.15, 0.2) is 15.8 Å². The maximum atomic E-state index is 13.2. The highest BCUT2D eigenvalue weighted by Crippen LogP contribution is 2.53. The third-order valence-electron chi connectivity index (χ3n) is 5.72. The standard InChI is InChI=1S/C17H25N4O8P/c1-9(16(24)27-8-10-3-2-4-10)20-30(26)6-5-11-14(29-30)13(23)15(28-11)21-17(25)19-12(22)7-18-21/h7,9-11,13-15,23H,2-6,8H2,1H3,(H,20,26)(H,19,22,25)/t9-,11?,13+,14+,15?,30?/m0/s1. The van der Waals surface area contributed by atoms with E-state index in [0.29, 0.717) is 12.5 Å². The molecule has 3 heterocycles. The maximum absolute atomic E-state index is 13.2. The molecule has 2 aliphatic heterocycles. The number of fused-ring (bicyclic) bond motifs is 1. The molecular weight excluding hydrogens is 419 g/mol. The molecule has 166 valence electrons. The summed E-state index contributed by atoms with van der Waals surface area (Å²) < 4.78 is 30.6. The highest BCUT2D eigenvalue weighted by atomic mass is 31.2. The van der Waals surface area contributed by atoms with Gasteiger partial charge >= 0.3 is 11.7 Å². The first-order chi connectivity index (χ1) is 14.3. The molecule has 3 unspecified atom stereocenters. The van der Waals surface area contributed by atoms with Crippen LogP contribution in [0.4, 0.5) is 0 Å². The third-order valence-corrected chi connectivity index (χ3v) is 7.93. The molecule has 1 aromatic heterocycles. The topological polar surface area (TPSA) is 162 Å². The van der Waals surface area contributed by atoms with Gasteiger partial charge in [0, 0.05) is 6.16 Å². The number of aliphatic hydroxyl groups excluding tert-OH is 1. The Morgan fingerprint density at radius 3 is 2.90 bits per heavy atom. The highest BCUT2D eigenvalue weighted by molar-refractivity contribution is 7.57. The number of hydrogen-bond donors (Lipinski definition) is 3. The first-order valence-electron chi connectivity index (χ1n) is 9.99. The van der Waals surface area contributed by atoms with E-state index >= 15 is 0 Å². The van der Waals surface area contributed by atoms with Gasteiger partial charge in [-0.15, -0.1) is 0 Å². The van der Waals surface area contributed by atoms with Crippen LogP contribution in [0.3, 0.4) is 0 Å². The minimum atomic E-state index is -3.47. The molecule has 0 spiro atoms. The summed E-state index contributed by atoms with van der Waals surface area (Å²) in [5.74, 6) is -0.107. The Morgan fingerprint density at radius 2 is 2.23 bits per heavy atom. The van der Waals surface area contributed by atoms with Crippen molar-refractivity contribution in [3.05, 3.63) is 27.0 Å². The fourth-order valence-corrected chi connectivity index (χ4v) is 6.04. The predicted octanol–water partition coefficient (Wildman–Crippen LogP) is -0.507. The summed E-state index contributed by atoms with van der Waals surface area (Å²) in [5, 5.41) is 17.0. The summed E-state index contributed by atoms with van der Waals surface area (Å²) in [7, 11) is -3.47. The van der Waals surface area contributed by atoms with E-state index in [1.807, 2.05) is 4.98 Å². The Bertz CT molecular complexity index is 960. The summed E-state index contributed by atoms with van der Waals surface area (Å²) >= 11 is 0. The van der Waals surface area contributed by atoms with Gasteiger partial charge in [0.25, 0.3) is 13.1 Å². The molecule has 6 atom stereocenters. The van der Waals surface area contributed by atoms with Gasteiger partial charge in [0.2, 0.25) is 0 Å². The number of aromatic amines is 1. The number of carbonyl (C=O) groups is 1. The molecule has 1 aliphatic carbocycles. The fraction of sp³-hybridized carbons (Fsp3) is 0.765. The van der Waals surface area contributed by atoms with Crippen LogP contribution in [0.1, 0.15) is 38.8 Å². The number of nitrogens with zero attached hydrogens (tertiary/aromatic N) is 2. The van der Waals surface area contributed by atoms with Crippen LogP contribution in [0, 0.1) is 5.92 Å². The minimum Gasteiger partial charge on any atom is -0.464 e. The molecule has 1 aromatic rings. The lowest BCUT2D eigenvalue weighted by Crippen LogP contribution is -2.43. The Hall–Kier alpha value is -1.85. The van der Waals surface area contributed by atoms with Crippen molar-refractivity contribution in [3.8, 4) is 0 Å². The largest absolute Gasteiger partial charge is 0.464 e. The minimum absolute atomic E-state index is 0.0851. The number of aromatic nitrogens is 3. The van der Waals surface area contributed by atoms with Gasteiger partial charge in [0.1, 0.15) is 24.4 Å². The van der Waals surface area contributed by atoms with E-state index in [-0.39, 0.29) is 12.6 Å². The van der Waals surface area contributed by atoms with E-state index in [2.05, 4.69) is 10.2 Å². The second kappa shape index (κ2) is 8.35. The van der Waals surface area contributed by atoms with Gasteiger partial charge in [-0.05, 0) is 32.1 Å². The van der Waals surface area contributed by atoms with E-state index in [0.717, 1.165) is 30.1 Å². The molecule has 4 rings (SSSR count). The third kappa shape index (κ3) is 4.28. The van der Waals surface area contributed by atoms with Crippen LogP contribution in [0.2, 0.25) is 0 Å². The number of ether oxygens (including phenoxy) is 2. The smallest absolute Gasteiger partial charge is 0.347 e. The van der Waals surface area contributed by atoms with Crippen molar-refractivity contribution in [2.75, 3.05) is 12.8 Å². The van der Waals surface area contributed by atoms with E-state index < -0.39 is 55.3 Å². The summed E-state index contributed by atoms with van der Waals surface area (Å²) in [6, 6.07) is -0.841. The van der Waals surface area contributed by atoms with Crippen LogP contribution >= 0.6 is 7.52 Å². The number of hydrogen-bond acceptors (Lipinski definition) is 9. The summed E-state index contributed by atoms with van der Waals surface area (Å²) in [5.41, 5.74) is -1.52. The quantitative estimate of drug-likeness (QED) is 0.385. The maximum Gasteiger partial charge on any atom is 0.347 e. The number of rotatable bonds is 6. The molecule has 3 aliphatic rings. The molecule has 3 N–H and O–H groups in total. The molecular formula is C17H25N4O8P. The van der Waals surface area contributed by atoms with Gasteiger partial charge < -0.3 is 19.1 Å². The van der Waals surface area contributed by atoms with Crippen LogP contribution in [0.5, 0.6) is 0 Å². The summed E-state index contributed by atoms with van der Waals surface area (Å²) in [4.78, 5) is 37.4. The Labute approximate surface area is 171 Å². The predicted molar refractivity (Wildman–Crippen MR) is 102 cm³/mol. The average molecular weight is 444 g/mol. The van der Waals surface area contributed by atoms with Crippen molar-refractivity contribution in [2.24, 2.45) is 5.92 Å². The Morgan fingerprint density at radius 1 is 1.47 bits per heavy atom. The normalized spacial score (nSPS) is 34.7. The lowest BCUT2D eigenvalue weighted by atomic mass is 9.86. The zero-order valence-corrected chi connectivity index (χ0v) is 17.3. The zero-order valence-electron chi connectivity index (χ0n) is 16.4. The summed E-state index contributed by atoms with van der Waals surface area (Å²) in [6.07, 6.45) is 0.362. The molecule has 0 bridgehead atoms. The summed E-state index contributed by atoms with van der Waals surface area (Å²) in [6.45, 7) is 1.91. The molecule has 30 heavy (non-hydrogen) atoms.